The predicted molar refractivity (Wildman–Crippen MR) is 117 cm³/mol. The molecule has 3 aromatic heterocycles. The molecule has 5 heteroatoms. The molecule has 0 saturated heterocycles. The Morgan fingerprint density at radius 2 is 1.79 bits per heavy atom. The van der Waals surface area contributed by atoms with E-state index in [9.17, 15) is 0 Å². The van der Waals surface area contributed by atoms with Gasteiger partial charge in [-0.2, -0.15) is 15.9 Å². The molecule has 0 aliphatic heterocycles. The molecular formula is C24H20IrN3S-. The summed E-state index contributed by atoms with van der Waals surface area (Å²) in [5.41, 5.74) is 3.26. The fraction of sp³-hybridized carbons (Fsp3) is 0.0833. The molecule has 0 aliphatic rings. The van der Waals surface area contributed by atoms with Gasteiger partial charge in [0.2, 0.25) is 0 Å². The number of hydrogen-bond acceptors (Lipinski definition) is 2. The van der Waals surface area contributed by atoms with Crippen LogP contribution in [0.3, 0.4) is 0 Å². The maximum Gasteiger partial charge on any atom is 0.166 e. The molecule has 0 aliphatic carbocycles. The Balaban J connectivity index is 0.000000167. The molecule has 0 unspecified atom stereocenters. The first-order valence-corrected chi connectivity index (χ1v) is 9.85. The number of aryl methyl sites for hydroxylation is 2. The van der Waals surface area contributed by atoms with E-state index in [1.165, 1.54) is 20.7 Å². The van der Waals surface area contributed by atoms with Gasteiger partial charge in [0.15, 0.2) is 6.33 Å². The molecule has 5 rings (SSSR count). The Morgan fingerprint density at radius 1 is 0.966 bits per heavy atom. The molecule has 3 heterocycles. The maximum atomic E-state index is 4.22. The molecular weight excluding hydrogens is 555 g/mol. The number of hydrogen-bond donors (Lipinski definition) is 0. The van der Waals surface area contributed by atoms with Gasteiger partial charge in [-0.1, -0.05) is 12.1 Å². The summed E-state index contributed by atoms with van der Waals surface area (Å²) in [6, 6.07) is 26.3. The molecule has 0 saturated carbocycles. The van der Waals surface area contributed by atoms with Crippen LogP contribution in [0.5, 0.6) is 0 Å². The van der Waals surface area contributed by atoms with Crippen LogP contribution in [0.1, 0.15) is 4.88 Å². The van der Waals surface area contributed by atoms with E-state index in [0.29, 0.717) is 0 Å². The summed E-state index contributed by atoms with van der Waals surface area (Å²) in [7, 11) is 2.03. The smallest absolute Gasteiger partial charge is 0.166 e. The van der Waals surface area contributed by atoms with Crippen molar-refractivity contribution in [2.24, 2.45) is 7.05 Å². The molecule has 2 aromatic carbocycles. The van der Waals surface area contributed by atoms with Crippen LogP contribution < -0.4 is 0 Å². The van der Waals surface area contributed by atoms with Crippen LogP contribution in [0.4, 0.5) is 0 Å². The van der Waals surface area contributed by atoms with Gasteiger partial charge < -0.3 is 4.98 Å². The van der Waals surface area contributed by atoms with E-state index in [0.717, 1.165) is 11.3 Å². The Morgan fingerprint density at radius 3 is 2.48 bits per heavy atom. The van der Waals surface area contributed by atoms with Crippen LogP contribution in [0, 0.1) is 19.1 Å². The standard InChI is InChI=1S/C13H12N2S.C11H8N.Ir/c1-10-13(15-8-7-14(2)9-15)11-5-3-4-6-12(11)16-10;1-2-6-10(7-3-1)11-8-4-5-9-12-11;/h3-4,6-9H,1-2H3;1-6,8-9H;/q;-1;. The monoisotopic (exact) mass is 575 g/mol. The summed E-state index contributed by atoms with van der Waals surface area (Å²) in [5.74, 6) is 0. The Kier molecular flexibility index (Phi) is 7.10. The van der Waals surface area contributed by atoms with Crippen LogP contribution in [0.25, 0.3) is 27.0 Å². The third-order valence-electron chi connectivity index (χ3n) is 4.33. The van der Waals surface area contributed by atoms with E-state index in [1.54, 1.807) is 6.20 Å². The number of benzene rings is 2. The number of rotatable bonds is 2. The second-order valence-corrected chi connectivity index (χ2v) is 7.65. The van der Waals surface area contributed by atoms with Gasteiger partial charge in [0, 0.05) is 33.3 Å². The molecule has 0 bridgehead atoms. The Labute approximate surface area is 188 Å². The number of nitrogens with zero attached hydrogens (tertiary/aromatic N) is 3. The van der Waals surface area contributed by atoms with Crippen molar-refractivity contribution in [3.63, 3.8) is 0 Å². The number of thiophene rings is 1. The maximum absolute atomic E-state index is 4.22. The van der Waals surface area contributed by atoms with Gasteiger partial charge in [-0.25, -0.2) is 0 Å². The van der Waals surface area contributed by atoms with E-state index in [1.807, 2.05) is 83.7 Å². The van der Waals surface area contributed by atoms with Crippen LogP contribution in [0.2, 0.25) is 0 Å². The molecule has 5 aromatic rings. The van der Waals surface area contributed by atoms with E-state index >= 15 is 0 Å². The molecule has 0 fully saturated rings. The fourth-order valence-corrected chi connectivity index (χ4v) is 4.09. The minimum atomic E-state index is 0. The molecule has 0 N–H and O–H groups in total. The molecule has 3 nitrogen and oxygen atoms in total. The summed E-state index contributed by atoms with van der Waals surface area (Å²) < 4.78 is 5.50. The first-order chi connectivity index (χ1) is 13.7. The quantitative estimate of drug-likeness (QED) is 0.239. The average molecular weight is 575 g/mol. The zero-order valence-electron chi connectivity index (χ0n) is 16.2. The average Bonchev–Trinajstić information content (AvgIpc) is 3.31. The van der Waals surface area contributed by atoms with Crippen molar-refractivity contribution in [2.75, 3.05) is 0 Å². The second kappa shape index (κ2) is 9.75. The minimum Gasteiger partial charge on any atom is -0.305 e. The normalized spacial score (nSPS) is 10.1. The fourth-order valence-electron chi connectivity index (χ4n) is 3.05. The number of aromatic nitrogens is 3. The van der Waals surface area contributed by atoms with Gasteiger partial charge in [-0.15, -0.1) is 60.2 Å². The van der Waals surface area contributed by atoms with Crippen molar-refractivity contribution in [2.45, 2.75) is 6.92 Å². The van der Waals surface area contributed by atoms with Gasteiger partial charge in [-0.05, 0) is 28.8 Å². The molecule has 0 amide bonds. The van der Waals surface area contributed by atoms with E-state index in [-0.39, 0.29) is 20.1 Å². The van der Waals surface area contributed by atoms with Gasteiger partial charge in [0.05, 0.1) is 4.88 Å². The number of imidazole rings is 1. The van der Waals surface area contributed by atoms with Crippen LogP contribution in [-0.4, -0.2) is 14.1 Å². The third-order valence-corrected chi connectivity index (χ3v) is 5.39. The van der Waals surface area contributed by atoms with E-state index in [4.69, 9.17) is 0 Å². The number of fused-ring (bicyclic) bond motifs is 1. The third kappa shape index (κ3) is 4.88. The van der Waals surface area contributed by atoms with Crippen molar-refractivity contribution in [1.82, 2.24) is 14.1 Å². The van der Waals surface area contributed by atoms with Gasteiger partial charge in [0.1, 0.15) is 18.1 Å². The largest absolute Gasteiger partial charge is 0.305 e. The van der Waals surface area contributed by atoms with E-state index < -0.39 is 0 Å². The zero-order valence-corrected chi connectivity index (χ0v) is 19.4. The number of pyridine rings is 1. The van der Waals surface area contributed by atoms with Crippen LogP contribution in [0.15, 0.2) is 85.6 Å². The first kappa shape index (κ1) is 21.1. The van der Waals surface area contributed by atoms with Crippen molar-refractivity contribution in [3.8, 4) is 16.9 Å². The summed E-state index contributed by atoms with van der Waals surface area (Å²) in [6.45, 7) is 2.16. The van der Waals surface area contributed by atoms with Crippen molar-refractivity contribution in [1.29, 1.82) is 0 Å². The van der Waals surface area contributed by atoms with Crippen LogP contribution >= 0.6 is 11.3 Å². The van der Waals surface area contributed by atoms with Crippen molar-refractivity contribution in [3.05, 3.63) is 103 Å². The van der Waals surface area contributed by atoms with Crippen molar-refractivity contribution >= 4 is 21.4 Å². The summed E-state index contributed by atoms with van der Waals surface area (Å²) >= 11 is 1.82. The van der Waals surface area contributed by atoms with Crippen molar-refractivity contribution < 1.29 is 20.1 Å². The van der Waals surface area contributed by atoms with Gasteiger partial charge in [0.25, 0.3) is 0 Å². The van der Waals surface area contributed by atoms with Crippen LogP contribution in [-0.2, 0) is 27.2 Å². The molecule has 0 spiro atoms. The molecule has 147 valence electrons. The molecule has 0 atom stereocenters. The van der Waals surface area contributed by atoms with Gasteiger partial charge in [-0.3, -0.25) is 4.57 Å². The van der Waals surface area contributed by atoms with E-state index in [2.05, 4.69) is 47.2 Å². The summed E-state index contributed by atoms with van der Waals surface area (Å²) in [4.78, 5) is 5.55. The predicted octanol–water partition coefficient (Wildman–Crippen LogP) is 5.97. The molecule has 29 heavy (non-hydrogen) atoms. The first-order valence-electron chi connectivity index (χ1n) is 9.04. The molecule has 1 radical (unpaired) electrons. The summed E-state index contributed by atoms with van der Waals surface area (Å²) in [5, 5.41) is 1.21. The Bertz CT molecular complexity index is 1140. The van der Waals surface area contributed by atoms with Gasteiger partial charge >= 0.3 is 0 Å². The summed E-state index contributed by atoms with van der Waals surface area (Å²) in [6.07, 6.45) is 7.99. The topological polar surface area (TPSA) is 22.8 Å². The minimum absolute atomic E-state index is 0. The zero-order chi connectivity index (χ0) is 19.3. The Hall–Kier alpha value is -2.59. The SMILES string of the molecule is Cc1sc2ccc[c-]c2c1-n1ccn(C)[cH+]1.[Ir].[c-]1ccccc1-c1ccccn1. The second-order valence-electron chi connectivity index (χ2n) is 6.39.